The molecule has 0 spiro atoms. The Morgan fingerprint density at radius 1 is 1.09 bits per heavy atom. The van der Waals surface area contributed by atoms with Crippen LogP contribution in [0.15, 0.2) is 12.1 Å². The molecule has 0 aliphatic heterocycles. The van der Waals surface area contributed by atoms with Gasteiger partial charge in [0.05, 0.1) is 5.92 Å². The highest BCUT2D eigenvalue weighted by Gasteiger charge is 2.49. The number of carbonyl (C=O) groups is 2. The molecule has 1 heterocycles. The zero-order chi connectivity index (χ0) is 16.0. The van der Waals surface area contributed by atoms with Crippen LogP contribution in [0.2, 0.25) is 0 Å². The summed E-state index contributed by atoms with van der Waals surface area (Å²) in [5.41, 5.74) is 2.85. The van der Waals surface area contributed by atoms with Crippen LogP contribution < -0.4 is 5.32 Å². The van der Waals surface area contributed by atoms with E-state index in [0.717, 1.165) is 37.8 Å². The van der Waals surface area contributed by atoms with Crippen LogP contribution in [0.3, 0.4) is 0 Å². The molecule has 2 fully saturated rings. The molecule has 4 atom stereocenters. The number of hydrogen-bond donors (Lipinski definition) is 2. The van der Waals surface area contributed by atoms with Crippen LogP contribution >= 0.6 is 0 Å². The van der Waals surface area contributed by atoms with Crippen molar-refractivity contribution in [3.05, 3.63) is 29.1 Å². The van der Waals surface area contributed by atoms with E-state index in [1.165, 1.54) is 12.0 Å². The summed E-state index contributed by atoms with van der Waals surface area (Å²) < 4.78 is 0. The number of hydrogen-bond acceptors (Lipinski definition) is 3. The van der Waals surface area contributed by atoms with Gasteiger partial charge in [0.1, 0.15) is 5.69 Å². The minimum atomic E-state index is -0.682. The van der Waals surface area contributed by atoms with E-state index in [0.29, 0.717) is 18.0 Å². The highest BCUT2D eigenvalue weighted by molar-refractivity contribution is 5.92. The van der Waals surface area contributed by atoms with E-state index in [1.54, 1.807) is 0 Å². The van der Waals surface area contributed by atoms with Gasteiger partial charge in [-0.25, -0.2) is 4.98 Å². The second kappa shape index (κ2) is 5.62. The average molecular weight is 314 g/mol. The molecule has 1 amide bonds. The molecule has 1 aromatic heterocycles. The number of fused-ring (bicyclic) bond motifs is 3. The molecule has 122 valence electrons. The third-order valence-corrected chi connectivity index (χ3v) is 5.90. The van der Waals surface area contributed by atoms with E-state index >= 15 is 0 Å². The third-order valence-electron chi connectivity index (χ3n) is 5.90. The summed E-state index contributed by atoms with van der Waals surface area (Å²) in [4.78, 5) is 28.2. The smallest absolute Gasteiger partial charge is 0.306 e. The number of carboxylic acids is 1. The summed E-state index contributed by atoms with van der Waals surface area (Å²) in [7, 11) is 0. The zero-order valence-electron chi connectivity index (χ0n) is 13.1. The predicted molar refractivity (Wildman–Crippen MR) is 84.1 cm³/mol. The van der Waals surface area contributed by atoms with Gasteiger partial charge in [-0.1, -0.05) is 6.07 Å². The molecule has 2 bridgehead atoms. The van der Waals surface area contributed by atoms with Gasteiger partial charge >= 0.3 is 5.97 Å². The predicted octanol–water partition coefficient (Wildman–Crippen LogP) is 2.19. The van der Waals surface area contributed by atoms with Crippen LogP contribution in [-0.4, -0.2) is 28.0 Å². The van der Waals surface area contributed by atoms with Crippen molar-refractivity contribution < 1.29 is 14.7 Å². The van der Waals surface area contributed by atoms with E-state index in [-0.39, 0.29) is 23.8 Å². The summed E-state index contributed by atoms with van der Waals surface area (Å²) >= 11 is 0. The van der Waals surface area contributed by atoms with Crippen molar-refractivity contribution >= 4 is 11.9 Å². The first-order valence-corrected chi connectivity index (χ1v) is 8.64. The summed E-state index contributed by atoms with van der Waals surface area (Å²) in [6, 6.07) is 3.98. The fraction of sp³-hybridized carbons (Fsp3) is 0.611. The minimum Gasteiger partial charge on any atom is -0.481 e. The van der Waals surface area contributed by atoms with Crippen LogP contribution in [0.1, 0.15) is 53.8 Å². The molecule has 23 heavy (non-hydrogen) atoms. The average Bonchev–Trinajstić information content (AvgIpc) is 3.14. The Kier molecular flexibility index (Phi) is 3.58. The Morgan fingerprint density at radius 2 is 1.91 bits per heavy atom. The molecular weight excluding hydrogens is 292 g/mol. The van der Waals surface area contributed by atoms with Crippen molar-refractivity contribution in [3.63, 3.8) is 0 Å². The van der Waals surface area contributed by atoms with Gasteiger partial charge in [0, 0.05) is 11.7 Å². The van der Waals surface area contributed by atoms with E-state index in [1.807, 2.05) is 12.1 Å². The first-order chi connectivity index (χ1) is 11.1. The number of aryl methyl sites for hydroxylation is 2. The van der Waals surface area contributed by atoms with Crippen molar-refractivity contribution in [1.82, 2.24) is 10.3 Å². The molecule has 5 heteroatoms. The minimum absolute atomic E-state index is 0.109. The number of pyridine rings is 1. The Labute approximate surface area is 135 Å². The summed E-state index contributed by atoms with van der Waals surface area (Å²) in [5.74, 6) is -0.474. The molecule has 5 nitrogen and oxygen atoms in total. The van der Waals surface area contributed by atoms with Crippen molar-refractivity contribution in [2.45, 2.75) is 51.0 Å². The number of nitrogens with one attached hydrogen (secondary N) is 1. The van der Waals surface area contributed by atoms with Gasteiger partial charge in [-0.05, 0) is 68.4 Å². The molecule has 1 aromatic rings. The van der Waals surface area contributed by atoms with Crippen LogP contribution in [0, 0.1) is 17.8 Å². The van der Waals surface area contributed by atoms with Crippen LogP contribution in [0.4, 0.5) is 0 Å². The maximum Gasteiger partial charge on any atom is 0.306 e. The number of carboxylic acid groups (broad SMARTS) is 1. The first-order valence-electron chi connectivity index (χ1n) is 8.64. The van der Waals surface area contributed by atoms with Gasteiger partial charge in [0.25, 0.3) is 5.91 Å². The fourth-order valence-corrected chi connectivity index (χ4v) is 4.71. The van der Waals surface area contributed by atoms with Gasteiger partial charge in [-0.2, -0.15) is 0 Å². The fourth-order valence-electron chi connectivity index (χ4n) is 4.71. The summed E-state index contributed by atoms with van der Waals surface area (Å²) in [6.45, 7) is 0. The summed E-state index contributed by atoms with van der Waals surface area (Å²) in [6.07, 6.45) is 6.79. The topological polar surface area (TPSA) is 79.3 Å². The molecular formula is C18H22N2O3. The number of aliphatic carboxylic acids is 1. The van der Waals surface area contributed by atoms with Crippen molar-refractivity contribution in [1.29, 1.82) is 0 Å². The number of carbonyl (C=O) groups excluding carboxylic acids is 1. The normalized spacial score (nSPS) is 31.7. The maximum atomic E-state index is 12.5. The van der Waals surface area contributed by atoms with Gasteiger partial charge in [-0.3, -0.25) is 9.59 Å². The number of aromatic nitrogens is 1. The largest absolute Gasteiger partial charge is 0.481 e. The van der Waals surface area contributed by atoms with E-state index in [4.69, 9.17) is 0 Å². The molecule has 3 aliphatic rings. The lowest BCUT2D eigenvalue weighted by molar-refractivity contribution is -0.143. The number of rotatable bonds is 3. The van der Waals surface area contributed by atoms with Crippen molar-refractivity contribution in [3.8, 4) is 0 Å². The number of amides is 1. The molecule has 0 radical (unpaired) electrons. The molecule has 0 saturated heterocycles. The Hall–Kier alpha value is -1.91. The Balaban J connectivity index is 1.43. The standard InChI is InChI=1S/C18H22N2O3/c21-17(15-6-5-10-3-1-2-4-14(10)19-15)20-16-9-11-7-12(16)8-13(11)18(22)23/h5-6,11-13,16H,1-4,7-9H2,(H,20,21)(H,22,23)/t11-,12-,13-,16-/m1/s1. The molecule has 3 aliphatic carbocycles. The Bertz CT molecular complexity index is 658. The zero-order valence-corrected chi connectivity index (χ0v) is 13.1. The van der Waals surface area contributed by atoms with Crippen molar-refractivity contribution in [2.75, 3.05) is 0 Å². The molecule has 2 N–H and O–H groups in total. The molecule has 0 unspecified atom stereocenters. The second-order valence-electron chi connectivity index (χ2n) is 7.26. The maximum absolute atomic E-state index is 12.5. The van der Waals surface area contributed by atoms with E-state index < -0.39 is 5.97 Å². The van der Waals surface area contributed by atoms with Gasteiger partial charge < -0.3 is 10.4 Å². The molecule has 4 rings (SSSR count). The first kappa shape index (κ1) is 14.7. The van der Waals surface area contributed by atoms with Gasteiger partial charge in [0.2, 0.25) is 0 Å². The summed E-state index contributed by atoms with van der Waals surface area (Å²) in [5, 5.41) is 12.3. The molecule has 2 saturated carbocycles. The quantitative estimate of drug-likeness (QED) is 0.896. The van der Waals surface area contributed by atoms with Crippen LogP contribution in [-0.2, 0) is 17.6 Å². The lowest BCUT2D eigenvalue weighted by Crippen LogP contribution is -2.41. The highest BCUT2D eigenvalue weighted by atomic mass is 16.4. The molecule has 0 aromatic carbocycles. The van der Waals surface area contributed by atoms with Gasteiger partial charge in [-0.15, -0.1) is 0 Å². The second-order valence-corrected chi connectivity index (χ2v) is 7.26. The third kappa shape index (κ3) is 2.62. The highest BCUT2D eigenvalue weighted by Crippen LogP contribution is 2.48. The van der Waals surface area contributed by atoms with Crippen LogP contribution in [0.5, 0.6) is 0 Å². The van der Waals surface area contributed by atoms with E-state index in [9.17, 15) is 14.7 Å². The lowest BCUT2D eigenvalue weighted by atomic mass is 9.86. The SMILES string of the molecule is O=C(N[C@@H]1C[C@H]2C[C@@H]1C[C@H]2C(=O)O)c1ccc2c(n1)CCCC2. The van der Waals surface area contributed by atoms with Gasteiger partial charge in [0.15, 0.2) is 0 Å². The monoisotopic (exact) mass is 314 g/mol. The van der Waals surface area contributed by atoms with Crippen LogP contribution in [0.25, 0.3) is 0 Å². The number of nitrogens with zero attached hydrogens (tertiary/aromatic N) is 1. The van der Waals surface area contributed by atoms with E-state index in [2.05, 4.69) is 10.3 Å². The lowest BCUT2D eigenvalue weighted by Gasteiger charge is -2.26. The Morgan fingerprint density at radius 3 is 2.65 bits per heavy atom. The van der Waals surface area contributed by atoms with Crippen molar-refractivity contribution in [2.24, 2.45) is 17.8 Å².